The van der Waals surface area contributed by atoms with E-state index in [1.54, 1.807) is 33.5 Å². The molecule has 7 nitrogen and oxygen atoms in total. The quantitative estimate of drug-likeness (QED) is 0.404. The Labute approximate surface area is 220 Å². The largest absolute Gasteiger partial charge is 0.493 e. The van der Waals surface area contributed by atoms with E-state index in [0.717, 1.165) is 37.3 Å². The standard InChI is InChI=1S/C28H40ClN3O4/c1-7-24-14-21(13-20-8-10-22(29)11-9-20)12-19(3)32(24)17-18(2)30-28(33)31-23-15-25(34-4)27(36-6)26(16-23)35-5/h8-11,15-16,18-19,21,24H,7,12-14,17H2,1-6H3,(H2,30,31,33). The number of amides is 2. The summed E-state index contributed by atoms with van der Waals surface area (Å²) in [4.78, 5) is 15.3. The molecule has 198 valence electrons. The highest BCUT2D eigenvalue weighted by Crippen LogP contribution is 2.40. The van der Waals surface area contributed by atoms with E-state index in [2.05, 4.69) is 41.5 Å². The topological polar surface area (TPSA) is 72.1 Å². The van der Waals surface area contributed by atoms with Gasteiger partial charge in [-0.2, -0.15) is 0 Å². The summed E-state index contributed by atoms with van der Waals surface area (Å²) in [5, 5.41) is 6.76. The fourth-order valence-corrected chi connectivity index (χ4v) is 5.48. The molecule has 1 aliphatic rings. The van der Waals surface area contributed by atoms with Crippen molar-refractivity contribution in [3.63, 3.8) is 0 Å². The van der Waals surface area contributed by atoms with Crippen molar-refractivity contribution in [3.8, 4) is 17.2 Å². The molecule has 2 aromatic rings. The Morgan fingerprint density at radius 1 is 1.08 bits per heavy atom. The zero-order valence-electron chi connectivity index (χ0n) is 22.3. The van der Waals surface area contributed by atoms with E-state index in [4.69, 9.17) is 25.8 Å². The summed E-state index contributed by atoms with van der Waals surface area (Å²) in [6, 6.07) is 12.3. The van der Waals surface area contributed by atoms with Crippen LogP contribution in [0.5, 0.6) is 17.2 Å². The highest BCUT2D eigenvalue weighted by atomic mass is 35.5. The van der Waals surface area contributed by atoms with Crippen molar-refractivity contribution in [2.75, 3.05) is 33.2 Å². The molecule has 3 rings (SSSR count). The second-order valence-electron chi connectivity index (χ2n) is 9.69. The van der Waals surface area contributed by atoms with Crippen LogP contribution in [-0.4, -0.2) is 56.9 Å². The molecule has 2 amide bonds. The Bertz CT molecular complexity index is 976. The first-order chi connectivity index (χ1) is 17.3. The van der Waals surface area contributed by atoms with Gasteiger partial charge < -0.3 is 24.8 Å². The van der Waals surface area contributed by atoms with E-state index in [-0.39, 0.29) is 12.1 Å². The van der Waals surface area contributed by atoms with Crippen LogP contribution in [0, 0.1) is 5.92 Å². The SMILES string of the molecule is CCC1CC(Cc2ccc(Cl)cc2)CC(C)N1CC(C)NC(=O)Nc1cc(OC)c(OC)c(OC)c1. The summed E-state index contributed by atoms with van der Waals surface area (Å²) in [6.07, 6.45) is 4.47. The molecule has 1 fully saturated rings. The van der Waals surface area contributed by atoms with Crippen LogP contribution < -0.4 is 24.8 Å². The van der Waals surface area contributed by atoms with Crippen molar-refractivity contribution >= 4 is 23.3 Å². The summed E-state index contributed by atoms with van der Waals surface area (Å²) in [5.41, 5.74) is 1.91. The number of nitrogens with one attached hydrogen (secondary N) is 2. The Balaban J connectivity index is 1.57. The lowest BCUT2D eigenvalue weighted by Crippen LogP contribution is -2.53. The Morgan fingerprint density at radius 3 is 2.28 bits per heavy atom. The van der Waals surface area contributed by atoms with Gasteiger partial charge in [-0.1, -0.05) is 30.7 Å². The average Bonchev–Trinajstić information content (AvgIpc) is 2.85. The second kappa shape index (κ2) is 13.1. The summed E-state index contributed by atoms with van der Waals surface area (Å²) in [7, 11) is 4.65. The summed E-state index contributed by atoms with van der Waals surface area (Å²) >= 11 is 6.05. The van der Waals surface area contributed by atoms with Gasteiger partial charge in [0.25, 0.3) is 0 Å². The minimum Gasteiger partial charge on any atom is -0.493 e. The van der Waals surface area contributed by atoms with Crippen LogP contribution >= 0.6 is 11.6 Å². The molecule has 36 heavy (non-hydrogen) atoms. The van der Waals surface area contributed by atoms with Crippen LogP contribution in [0.1, 0.15) is 45.6 Å². The normalized spacial score (nSPS) is 20.9. The van der Waals surface area contributed by atoms with Crippen molar-refractivity contribution in [2.24, 2.45) is 5.92 Å². The van der Waals surface area contributed by atoms with Crippen LogP contribution in [0.25, 0.3) is 0 Å². The molecule has 0 aromatic heterocycles. The monoisotopic (exact) mass is 517 g/mol. The third-order valence-corrected chi connectivity index (χ3v) is 7.26. The highest BCUT2D eigenvalue weighted by molar-refractivity contribution is 6.30. The highest BCUT2D eigenvalue weighted by Gasteiger charge is 2.33. The van der Waals surface area contributed by atoms with Crippen LogP contribution in [0.15, 0.2) is 36.4 Å². The Hall–Kier alpha value is -2.64. The summed E-state index contributed by atoms with van der Waals surface area (Å²) in [6.45, 7) is 7.41. The minimum absolute atomic E-state index is 0.0173. The van der Waals surface area contributed by atoms with Crippen LogP contribution in [0.2, 0.25) is 5.02 Å². The predicted octanol–water partition coefficient (Wildman–Crippen LogP) is 6.00. The minimum atomic E-state index is -0.268. The maximum absolute atomic E-state index is 12.8. The number of hydrogen-bond acceptors (Lipinski definition) is 5. The first kappa shape index (κ1) is 27.9. The van der Waals surface area contributed by atoms with E-state index >= 15 is 0 Å². The zero-order chi connectivity index (χ0) is 26.2. The van der Waals surface area contributed by atoms with E-state index in [9.17, 15) is 4.79 Å². The third kappa shape index (κ3) is 7.20. The van der Waals surface area contributed by atoms with Gasteiger partial charge in [-0.05, 0) is 63.1 Å². The van der Waals surface area contributed by atoms with Crippen molar-refractivity contribution in [1.82, 2.24) is 10.2 Å². The third-order valence-electron chi connectivity index (χ3n) is 7.01. The predicted molar refractivity (Wildman–Crippen MR) is 146 cm³/mol. The first-order valence-electron chi connectivity index (χ1n) is 12.7. The number of rotatable bonds is 10. The van der Waals surface area contributed by atoms with E-state index in [0.29, 0.717) is 40.9 Å². The molecule has 4 atom stereocenters. The molecule has 2 aromatic carbocycles. The van der Waals surface area contributed by atoms with Gasteiger partial charge in [-0.15, -0.1) is 0 Å². The lowest BCUT2D eigenvalue weighted by molar-refractivity contribution is 0.0519. The Morgan fingerprint density at radius 2 is 1.72 bits per heavy atom. The molecular weight excluding hydrogens is 478 g/mol. The molecule has 1 heterocycles. The molecule has 0 spiro atoms. The average molecular weight is 518 g/mol. The molecule has 0 bridgehead atoms. The van der Waals surface area contributed by atoms with Gasteiger partial charge in [-0.25, -0.2) is 4.79 Å². The van der Waals surface area contributed by atoms with Gasteiger partial charge in [0.2, 0.25) is 5.75 Å². The summed E-state index contributed by atoms with van der Waals surface area (Å²) in [5.74, 6) is 2.11. The van der Waals surface area contributed by atoms with Crippen molar-refractivity contribution in [1.29, 1.82) is 0 Å². The Kier molecular flexibility index (Phi) is 10.1. The molecule has 0 saturated carbocycles. The number of ether oxygens (including phenoxy) is 3. The van der Waals surface area contributed by atoms with Gasteiger partial charge in [0, 0.05) is 41.8 Å². The lowest BCUT2D eigenvalue weighted by atomic mass is 9.81. The number of halogens is 1. The number of methoxy groups -OCH3 is 3. The number of anilines is 1. The van der Waals surface area contributed by atoms with Crippen LogP contribution in [0.4, 0.5) is 10.5 Å². The molecule has 0 aliphatic carbocycles. The number of benzene rings is 2. The van der Waals surface area contributed by atoms with E-state index < -0.39 is 0 Å². The van der Waals surface area contributed by atoms with Gasteiger partial charge in [-0.3, -0.25) is 4.90 Å². The number of piperidine rings is 1. The zero-order valence-corrected chi connectivity index (χ0v) is 23.0. The van der Waals surface area contributed by atoms with Crippen LogP contribution in [-0.2, 0) is 6.42 Å². The van der Waals surface area contributed by atoms with E-state index in [1.807, 2.05) is 19.1 Å². The molecule has 1 aliphatic heterocycles. The fourth-order valence-electron chi connectivity index (χ4n) is 5.35. The number of hydrogen-bond donors (Lipinski definition) is 2. The number of carbonyl (C=O) groups excluding carboxylic acids is 1. The van der Waals surface area contributed by atoms with Crippen molar-refractivity contribution in [2.45, 2.75) is 64.6 Å². The maximum Gasteiger partial charge on any atom is 0.319 e. The van der Waals surface area contributed by atoms with Gasteiger partial charge in [0.1, 0.15) is 0 Å². The smallest absolute Gasteiger partial charge is 0.319 e. The molecule has 1 saturated heterocycles. The van der Waals surface area contributed by atoms with Crippen molar-refractivity contribution < 1.29 is 19.0 Å². The summed E-state index contributed by atoms with van der Waals surface area (Å²) < 4.78 is 16.1. The van der Waals surface area contributed by atoms with Crippen molar-refractivity contribution in [3.05, 3.63) is 47.0 Å². The molecule has 8 heteroatoms. The van der Waals surface area contributed by atoms with Gasteiger partial charge in [0.15, 0.2) is 11.5 Å². The molecule has 0 radical (unpaired) electrons. The molecule has 4 unspecified atom stereocenters. The fraction of sp³-hybridized carbons (Fsp3) is 0.536. The lowest BCUT2D eigenvalue weighted by Gasteiger charge is -2.45. The molecular formula is C28H40ClN3O4. The maximum atomic E-state index is 12.8. The van der Waals surface area contributed by atoms with Crippen LogP contribution in [0.3, 0.4) is 0 Å². The van der Waals surface area contributed by atoms with Gasteiger partial charge in [0.05, 0.1) is 27.0 Å². The number of urea groups is 1. The second-order valence-corrected chi connectivity index (χ2v) is 10.1. The van der Waals surface area contributed by atoms with E-state index in [1.165, 1.54) is 5.56 Å². The number of likely N-dealkylation sites (tertiary alicyclic amines) is 1. The number of carbonyl (C=O) groups is 1. The first-order valence-corrected chi connectivity index (χ1v) is 13.0. The molecule has 2 N–H and O–H groups in total. The number of nitrogens with zero attached hydrogens (tertiary/aromatic N) is 1. The van der Waals surface area contributed by atoms with Gasteiger partial charge >= 0.3 is 6.03 Å².